The van der Waals surface area contributed by atoms with E-state index < -0.39 is 10.9 Å². The van der Waals surface area contributed by atoms with E-state index in [0.29, 0.717) is 11.3 Å². The zero-order valence-corrected chi connectivity index (χ0v) is 12.2. The predicted octanol–water partition coefficient (Wildman–Crippen LogP) is 1.89. The summed E-state index contributed by atoms with van der Waals surface area (Å²) in [5, 5.41) is 14.1. The number of ether oxygens (including phenoxy) is 1. The van der Waals surface area contributed by atoms with Crippen molar-refractivity contribution in [3.63, 3.8) is 0 Å². The van der Waals surface area contributed by atoms with Crippen LogP contribution in [0.1, 0.15) is 23.2 Å². The number of carbonyl (C=O) groups excluding carboxylic acids is 1. The van der Waals surface area contributed by atoms with E-state index in [1.807, 2.05) is 0 Å². The van der Waals surface area contributed by atoms with Gasteiger partial charge in [0.1, 0.15) is 0 Å². The lowest BCUT2D eigenvalue weighted by Gasteiger charge is -2.30. The Balaban J connectivity index is 2.23. The van der Waals surface area contributed by atoms with Gasteiger partial charge in [-0.1, -0.05) is 0 Å². The van der Waals surface area contributed by atoms with Crippen LogP contribution < -0.4 is 5.32 Å². The molecule has 114 valence electrons. The Morgan fingerprint density at radius 3 is 2.67 bits per heavy atom. The molecule has 1 heterocycles. The van der Waals surface area contributed by atoms with E-state index in [1.54, 1.807) is 0 Å². The maximum atomic E-state index is 11.8. The lowest BCUT2D eigenvalue weighted by molar-refractivity contribution is -0.384. The number of esters is 1. The number of piperidine rings is 1. The number of anilines is 1. The number of nitrogens with one attached hydrogen (secondary N) is 1. The van der Waals surface area contributed by atoms with Crippen molar-refractivity contribution in [1.29, 1.82) is 0 Å². The first kappa shape index (κ1) is 15.2. The quantitative estimate of drug-likeness (QED) is 0.518. The van der Waals surface area contributed by atoms with Crippen molar-refractivity contribution in [2.75, 3.05) is 32.6 Å². The van der Waals surface area contributed by atoms with Crippen LogP contribution in [0.3, 0.4) is 0 Å². The lowest BCUT2D eigenvalue weighted by Crippen LogP contribution is -2.37. The summed E-state index contributed by atoms with van der Waals surface area (Å²) in [6.07, 6.45) is 1.86. The molecule has 1 fully saturated rings. The molecule has 1 aliphatic rings. The lowest BCUT2D eigenvalue weighted by atomic mass is 10.0. The highest BCUT2D eigenvalue weighted by Gasteiger charge is 2.21. The highest BCUT2D eigenvalue weighted by Crippen LogP contribution is 2.25. The largest absolute Gasteiger partial charge is 0.465 e. The van der Waals surface area contributed by atoms with Gasteiger partial charge >= 0.3 is 5.97 Å². The highest BCUT2D eigenvalue weighted by atomic mass is 16.6. The first-order chi connectivity index (χ1) is 10.0. The number of nitro benzene ring substituents is 1. The van der Waals surface area contributed by atoms with Crippen molar-refractivity contribution in [3.8, 4) is 0 Å². The van der Waals surface area contributed by atoms with Crippen molar-refractivity contribution in [1.82, 2.24) is 4.90 Å². The number of benzene rings is 1. The molecule has 1 saturated heterocycles. The van der Waals surface area contributed by atoms with Crippen LogP contribution in [0.5, 0.6) is 0 Å². The number of methoxy groups -OCH3 is 1. The summed E-state index contributed by atoms with van der Waals surface area (Å²) in [5.74, 6) is -0.500. The normalized spacial score (nSPS) is 16.5. The van der Waals surface area contributed by atoms with Gasteiger partial charge in [-0.25, -0.2) is 4.79 Å². The molecule has 7 nitrogen and oxygen atoms in total. The van der Waals surface area contributed by atoms with Gasteiger partial charge in [0.05, 0.1) is 23.3 Å². The summed E-state index contributed by atoms with van der Waals surface area (Å²) in [5.41, 5.74) is 0.741. The Labute approximate surface area is 123 Å². The van der Waals surface area contributed by atoms with Crippen molar-refractivity contribution in [2.45, 2.75) is 18.9 Å². The number of rotatable bonds is 4. The highest BCUT2D eigenvalue weighted by molar-refractivity contribution is 5.96. The number of carbonyl (C=O) groups is 1. The van der Waals surface area contributed by atoms with Crippen LogP contribution >= 0.6 is 0 Å². The third kappa shape index (κ3) is 3.69. The average Bonchev–Trinajstić information content (AvgIpc) is 2.48. The number of non-ortho nitro benzene ring substituents is 1. The topological polar surface area (TPSA) is 84.7 Å². The number of hydrogen-bond donors (Lipinski definition) is 1. The molecule has 0 saturated carbocycles. The zero-order valence-electron chi connectivity index (χ0n) is 12.2. The molecule has 0 unspecified atom stereocenters. The minimum absolute atomic E-state index is 0.0434. The molecule has 1 aromatic rings. The van der Waals surface area contributed by atoms with Gasteiger partial charge < -0.3 is 15.0 Å². The molecular formula is C14H19N3O4. The van der Waals surface area contributed by atoms with Gasteiger partial charge in [-0.2, -0.15) is 0 Å². The molecule has 0 atom stereocenters. The summed E-state index contributed by atoms with van der Waals surface area (Å²) in [6.45, 7) is 1.92. The van der Waals surface area contributed by atoms with Crippen LogP contribution in [0.4, 0.5) is 11.4 Å². The van der Waals surface area contributed by atoms with Crippen LogP contribution in [0.2, 0.25) is 0 Å². The predicted molar refractivity (Wildman–Crippen MR) is 78.6 cm³/mol. The maximum Gasteiger partial charge on any atom is 0.339 e. The first-order valence-corrected chi connectivity index (χ1v) is 6.83. The zero-order chi connectivity index (χ0) is 15.4. The van der Waals surface area contributed by atoms with Gasteiger partial charge in [-0.15, -0.1) is 0 Å². The third-order valence-electron chi connectivity index (χ3n) is 3.70. The van der Waals surface area contributed by atoms with E-state index in [1.165, 1.54) is 25.3 Å². The Morgan fingerprint density at radius 1 is 1.43 bits per heavy atom. The summed E-state index contributed by atoms with van der Waals surface area (Å²) in [7, 11) is 3.35. The van der Waals surface area contributed by atoms with Crippen LogP contribution in [0, 0.1) is 10.1 Å². The molecule has 0 spiro atoms. The van der Waals surface area contributed by atoms with Crippen LogP contribution in [0.25, 0.3) is 0 Å². The summed E-state index contributed by atoms with van der Waals surface area (Å²) >= 11 is 0. The van der Waals surface area contributed by atoms with E-state index in [2.05, 4.69) is 17.3 Å². The van der Waals surface area contributed by atoms with Gasteiger partial charge in [-0.05, 0) is 39.0 Å². The summed E-state index contributed by atoms with van der Waals surface area (Å²) in [4.78, 5) is 24.4. The SMILES string of the molecule is COC(=O)c1ccc([N+](=O)[O-])cc1NC1CCN(C)CC1. The molecule has 7 heteroatoms. The fraction of sp³-hybridized carbons (Fsp3) is 0.500. The van der Waals surface area contributed by atoms with Gasteiger partial charge in [0.15, 0.2) is 0 Å². The molecule has 1 N–H and O–H groups in total. The summed E-state index contributed by atoms with van der Waals surface area (Å²) < 4.78 is 4.73. The number of hydrogen-bond acceptors (Lipinski definition) is 6. The summed E-state index contributed by atoms with van der Waals surface area (Å²) in [6, 6.07) is 4.34. The van der Waals surface area contributed by atoms with Gasteiger partial charge in [0, 0.05) is 18.2 Å². The van der Waals surface area contributed by atoms with E-state index in [9.17, 15) is 14.9 Å². The monoisotopic (exact) mass is 293 g/mol. The van der Waals surface area contributed by atoms with Crippen molar-refractivity contribution < 1.29 is 14.5 Å². The number of likely N-dealkylation sites (tertiary alicyclic amines) is 1. The van der Waals surface area contributed by atoms with Crippen LogP contribution in [0.15, 0.2) is 18.2 Å². The molecule has 1 aliphatic heterocycles. The number of nitro groups is 1. The second kappa shape index (κ2) is 6.53. The molecule has 1 aromatic carbocycles. The molecule has 2 rings (SSSR count). The Bertz CT molecular complexity index is 539. The first-order valence-electron chi connectivity index (χ1n) is 6.83. The fourth-order valence-electron chi connectivity index (χ4n) is 2.43. The minimum Gasteiger partial charge on any atom is -0.465 e. The minimum atomic E-state index is -0.500. The molecule has 0 bridgehead atoms. The molecule has 0 aromatic heterocycles. The Kier molecular flexibility index (Phi) is 4.74. The molecule has 21 heavy (non-hydrogen) atoms. The van der Waals surface area contributed by atoms with Crippen LogP contribution in [-0.2, 0) is 4.74 Å². The molecule has 0 radical (unpaired) electrons. The van der Waals surface area contributed by atoms with Crippen molar-refractivity contribution >= 4 is 17.3 Å². The van der Waals surface area contributed by atoms with E-state index >= 15 is 0 Å². The van der Waals surface area contributed by atoms with Crippen molar-refractivity contribution in [2.24, 2.45) is 0 Å². The van der Waals surface area contributed by atoms with E-state index in [4.69, 9.17) is 4.74 Å². The van der Waals surface area contributed by atoms with E-state index in [0.717, 1.165) is 25.9 Å². The fourth-order valence-corrected chi connectivity index (χ4v) is 2.43. The van der Waals surface area contributed by atoms with Crippen molar-refractivity contribution in [3.05, 3.63) is 33.9 Å². The van der Waals surface area contributed by atoms with E-state index in [-0.39, 0.29) is 11.7 Å². The molecule has 0 amide bonds. The maximum absolute atomic E-state index is 11.8. The molecule has 0 aliphatic carbocycles. The van der Waals surface area contributed by atoms with Crippen LogP contribution in [-0.4, -0.2) is 49.1 Å². The smallest absolute Gasteiger partial charge is 0.339 e. The second-order valence-corrected chi connectivity index (χ2v) is 5.20. The molecular weight excluding hydrogens is 274 g/mol. The van der Waals surface area contributed by atoms with Gasteiger partial charge in [0.2, 0.25) is 0 Å². The standard InChI is InChI=1S/C14H19N3O4/c1-16-7-5-10(6-8-16)15-13-9-11(17(19)20)3-4-12(13)14(18)21-2/h3-4,9-10,15H,5-8H2,1-2H3. The third-order valence-corrected chi connectivity index (χ3v) is 3.70. The second-order valence-electron chi connectivity index (χ2n) is 5.20. The average molecular weight is 293 g/mol. The van der Waals surface area contributed by atoms with Gasteiger partial charge in [-0.3, -0.25) is 10.1 Å². The Morgan fingerprint density at radius 2 is 2.10 bits per heavy atom. The Hall–Kier alpha value is -2.15. The van der Waals surface area contributed by atoms with Gasteiger partial charge in [0.25, 0.3) is 5.69 Å². The number of nitrogens with zero attached hydrogens (tertiary/aromatic N) is 2.